The fourth-order valence-corrected chi connectivity index (χ4v) is 4.47. The van der Waals surface area contributed by atoms with Gasteiger partial charge in [-0.25, -0.2) is 36.3 Å². The second-order valence-corrected chi connectivity index (χ2v) is 9.13. The summed E-state index contributed by atoms with van der Waals surface area (Å²) in [5, 5.41) is 10.2. The molecule has 31 heavy (non-hydrogen) atoms. The van der Waals surface area contributed by atoms with E-state index in [0.29, 0.717) is 29.1 Å². The summed E-state index contributed by atoms with van der Waals surface area (Å²) in [5.74, 6) is 0.0382. The van der Waals surface area contributed by atoms with Gasteiger partial charge in [-0.2, -0.15) is 5.26 Å². The van der Waals surface area contributed by atoms with Crippen LogP contribution in [0.1, 0.15) is 18.4 Å². The first kappa shape index (κ1) is 21.3. The molecular weight excluding hydrogens is 431 g/mol. The number of rotatable bonds is 8. The van der Waals surface area contributed by atoms with Crippen molar-refractivity contribution >= 4 is 20.9 Å². The minimum atomic E-state index is -4.22. The number of halogens is 3. The van der Waals surface area contributed by atoms with E-state index in [1.165, 1.54) is 12.1 Å². The van der Waals surface area contributed by atoms with Crippen molar-refractivity contribution in [3.8, 4) is 17.6 Å². The van der Waals surface area contributed by atoms with E-state index in [9.17, 15) is 26.9 Å². The van der Waals surface area contributed by atoms with Crippen LogP contribution in [0.25, 0.3) is 22.4 Å². The Morgan fingerprint density at radius 3 is 2.48 bits per heavy atom. The first-order valence-corrected chi connectivity index (χ1v) is 11.0. The van der Waals surface area contributed by atoms with E-state index in [2.05, 4.69) is 16.0 Å². The molecule has 0 amide bonds. The molecular formula is C20H18F3N5O2S. The van der Waals surface area contributed by atoms with Gasteiger partial charge >= 0.3 is 0 Å². The zero-order valence-corrected chi connectivity index (χ0v) is 17.0. The molecule has 7 nitrogen and oxygen atoms in total. The monoisotopic (exact) mass is 449 g/mol. The zero-order valence-electron chi connectivity index (χ0n) is 16.2. The summed E-state index contributed by atoms with van der Waals surface area (Å²) >= 11 is 0. The first-order chi connectivity index (χ1) is 14.9. The highest BCUT2D eigenvalue weighted by molar-refractivity contribution is 7.89. The number of aromatic nitrogens is 3. The van der Waals surface area contributed by atoms with Gasteiger partial charge in [0.05, 0.1) is 29.5 Å². The molecule has 2 aromatic heterocycles. The molecule has 1 aliphatic rings. The van der Waals surface area contributed by atoms with Crippen molar-refractivity contribution in [3.05, 3.63) is 42.0 Å². The van der Waals surface area contributed by atoms with Crippen LogP contribution in [-0.2, 0) is 16.6 Å². The Balaban J connectivity index is 1.79. The minimum absolute atomic E-state index is 0.0975. The summed E-state index contributed by atoms with van der Waals surface area (Å²) in [6.07, 6.45) is 4.10. The second-order valence-electron chi connectivity index (χ2n) is 7.42. The van der Waals surface area contributed by atoms with Gasteiger partial charge in [0, 0.05) is 11.9 Å². The van der Waals surface area contributed by atoms with Crippen molar-refractivity contribution in [3.63, 3.8) is 0 Å². The fourth-order valence-electron chi connectivity index (χ4n) is 3.39. The normalized spacial score (nSPS) is 14.3. The van der Waals surface area contributed by atoms with Gasteiger partial charge in [-0.15, -0.1) is 0 Å². The van der Waals surface area contributed by atoms with Crippen LogP contribution in [0.2, 0.25) is 0 Å². The molecule has 0 aliphatic heterocycles. The van der Waals surface area contributed by atoms with Gasteiger partial charge in [-0.05, 0) is 37.0 Å². The molecule has 0 unspecified atom stereocenters. The highest BCUT2D eigenvalue weighted by Crippen LogP contribution is 2.37. The average Bonchev–Trinajstić information content (AvgIpc) is 3.53. The molecule has 1 aliphatic carbocycles. The Morgan fingerprint density at radius 1 is 1.23 bits per heavy atom. The van der Waals surface area contributed by atoms with E-state index in [0.717, 1.165) is 25.2 Å². The van der Waals surface area contributed by atoms with Gasteiger partial charge in [0.2, 0.25) is 10.0 Å². The molecule has 11 heteroatoms. The fraction of sp³-hybridized carbons (Fsp3) is 0.350. The van der Waals surface area contributed by atoms with Gasteiger partial charge in [0.25, 0.3) is 0 Å². The maximum absolute atomic E-state index is 13.8. The van der Waals surface area contributed by atoms with Crippen LogP contribution < -0.4 is 4.72 Å². The van der Waals surface area contributed by atoms with Crippen LogP contribution in [0.5, 0.6) is 0 Å². The molecule has 1 fully saturated rings. The van der Waals surface area contributed by atoms with Crippen molar-refractivity contribution in [1.29, 1.82) is 5.26 Å². The number of hydrogen-bond donors (Lipinski definition) is 1. The van der Waals surface area contributed by atoms with E-state index in [4.69, 9.17) is 0 Å². The first-order valence-electron chi connectivity index (χ1n) is 9.56. The third kappa shape index (κ3) is 4.13. The molecule has 1 aromatic carbocycles. The minimum Gasteiger partial charge on any atom is -0.336 e. The number of nitrogens with zero attached hydrogens (tertiary/aromatic N) is 4. The highest BCUT2D eigenvalue weighted by atomic mass is 32.2. The van der Waals surface area contributed by atoms with Crippen LogP contribution in [0.4, 0.5) is 13.2 Å². The summed E-state index contributed by atoms with van der Waals surface area (Å²) < 4.78 is 67.6. The predicted molar refractivity (Wildman–Crippen MR) is 106 cm³/mol. The lowest BCUT2D eigenvalue weighted by molar-refractivity contribution is 0.334. The van der Waals surface area contributed by atoms with Crippen LogP contribution in [-0.4, -0.2) is 42.3 Å². The number of alkyl halides is 2. The molecule has 2 heterocycles. The summed E-state index contributed by atoms with van der Waals surface area (Å²) in [7, 11) is -4.22. The second kappa shape index (κ2) is 8.28. The molecule has 0 spiro atoms. The Hall–Kier alpha value is -2.97. The SMILES string of the molecule is N#Cc1c(-c2ncc(S(=O)(=O)NC(CF)CF)cn2)n(CC2CC2)c2ccc(F)cc12. The van der Waals surface area contributed by atoms with E-state index >= 15 is 0 Å². The third-order valence-corrected chi connectivity index (χ3v) is 6.59. The standard InChI is InChI=1S/C20H18F3N5O2S/c21-6-14(7-22)27-31(29,30)15-9-25-20(26-10-15)19-17(8-24)16-5-13(23)3-4-18(16)28(19)11-12-1-2-12/h3-5,9-10,12,14,27H,1-2,6-7,11H2. The molecule has 4 rings (SSSR count). The van der Waals surface area contributed by atoms with Crippen molar-refractivity contribution in [1.82, 2.24) is 19.3 Å². The smallest absolute Gasteiger partial charge is 0.244 e. The summed E-state index contributed by atoms with van der Waals surface area (Å²) in [4.78, 5) is 7.85. The average molecular weight is 449 g/mol. The van der Waals surface area contributed by atoms with E-state index in [-0.39, 0.29) is 16.3 Å². The number of nitriles is 1. The predicted octanol–water partition coefficient (Wildman–Crippen LogP) is 3.10. The van der Waals surface area contributed by atoms with Crippen LogP contribution in [0.15, 0.2) is 35.5 Å². The molecule has 3 aromatic rings. The largest absolute Gasteiger partial charge is 0.336 e. The number of hydrogen-bond acceptors (Lipinski definition) is 5. The van der Waals surface area contributed by atoms with Crippen LogP contribution in [0, 0.1) is 23.1 Å². The number of fused-ring (bicyclic) bond motifs is 1. The Bertz CT molecular complexity index is 1260. The highest BCUT2D eigenvalue weighted by Gasteiger charge is 2.28. The van der Waals surface area contributed by atoms with Crippen LogP contribution in [0.3, 0.4) is 0 Å². The van der Waals surface area contributed by atoms with Crippen LogP contribution >= 0.6 is 0 Å². The molecule has 162 valence electrons. The van der Waals surface area contributed by atoms with Gasteiger partial charge in [0.15, 0.2) is 5.82 Å². The van der Waals surface area contributed by atoms with Gasteiger partial charge < -0.3 is 4.57 Å². The van der Waals surface area contributed by atoms with Crippen molar-refractivity contribution in [2.75, 3.05) is 13.3 Å². The number of sulfonamides is 1. The Labute approximate surface area is 176 Å². The van der Waals surface area contributed by atoms with E-state index in [1.54, 1.807) is 6.07 Å². The lowest BCUT2D eigenvalue weighted by Crippen LogP contribution is -2.38. The van der Waals surface area contributed by atoms with Gasteiger partial charge in [-0.3, -0.25) is 0 Å². The topological polar surface area (TPSA) is 101 Å². The molecule has 0 saturated heterocycles. The number of benzene rings is 1. The van der Waals surface area contributed by atoms with Crippen molar-refractivity contribution in [2.24, 2.45) is 5.92 Å². The van der Waals surface area contributed by atoms with Crippen molar-refractivity contribution in [2.45, 2.75) is 30.3 Å². The molecule has 1 N–H and O–H groups in total. The molecule has 1 saturated carbocycles. The lowest BCUT2D eigenvalue weighted by Gasteiger charge is -2.12. The maximum atomic E-state index is 13.8. The molecule has 0 atom stereocenters. The summed E-state index contributed by atoms with van der Waals surface area (Å²) in [5.41, 5.74) is 1.23. The maximum Gasteiger partial charge on any atom is 0.244 e. The van der Waals surface area contributed by atoms with Gasteiger partial charge in [0.1, 0.15) is 35.8 Å². The zero-order chi connectivity index (χ0) is 22.2. The number of nitrogens with one attached hydrogen (secondary N) is 1. The summed E-state index contributed by atoms with van der Waals surface area (Å²) in [6.45, 7) is -1.80. The summed E-state index contributed by atoms with van der Waals surface area (Å²) in [6, 6.07) is 4.77. The third-order valence-electron chi connectivity index (χ3n) is 5.12. The Kier molecular flexibility index (Phi) is 5.68. The quantitative estimate of drug-likeness (QED) is 0.570. The molecule has 0 radical (unpaired) electrons. The Morgan fingerprint density at radius 2 is 1.90 bits per heavy atom. The van der Waals surface area contributed by atoms with Gasteiger partial charge in [-0.1, -0.05) is 0 Å². The van der Waals surface area contributed by atoms with Crippen molar-refractivity contribution < 1.29 is 21.6 Å². The molecule has 0 bridgehead atoms. The van der Waals surface area contributed by atoms with E-state index in [1.807, 2.05) is 9.29 Å². The lowest BCUT2D eigenvalue weighted by atomic mass is 10.1. The van der Waals surface area contributed by atoms with E-state index < -0.39 is 35.2 Å².